The van der Waals surface area contributed by atoms with Gasteiger partial charge in [-0.3, -0.25) is 5.43 Å². The molecule has 0 aromatic carbocycles. The van der Waals surface area contributed by atoms with Gasteiger partial charge >= 0.3 is 0 Å². The molecular formula is C13H16Cl2N4O4S3. The quantitative estimate of drug-likeness (QED) is 0.588. The zero-order valence-corrected chi connectivity index (χ0v) is 17.7. The van der Waals surface area contributed by atoms with Crippen LogP contribution < -0.4 is 10.3 Å². The highest BCUT2D eigenvalue weighted by Crippen LogP contribution is 2.34. The van der Waals surface area contributed by atoms with Crippen molar-refractivity contribution >= 4 is 60.4 Å². The van der Waals surface area contributed by atoms with Gasteiger partial charge in [0.1, 0.15) is 19.9 Å². The van der Waals surface area contributed by atoms with Crippen LogP contribution in [0.1, 0.15) is 13.8 Å². The summed E-state index contributed by atoms with van der Waals surface area (Å²) in [7, 11) is -7.60. The van der Waals surface area contributed by atoms with Gasteiger partial charge < -0.3 is 0 Å². The summed E-state index contributed by atoms with van der Waals surface area (Å²) < 4.78 is 50.7. The zero-order valence-electron chi connectivity index (χ0n) is 13.7. The van der Waals surface area contributed by atoms with E-state index in [-0.39, 0.29) is 24.3 Å². The average Bonchev–Trinajstić information content (AvgIpc) is 2.93. The van der Waals surface area contributed by atoms with Crippen LogP contribution in [0, 0.1) is 0 Å². The van der Waals surface area contributed by atoms with Gasteiger partial charge in [-0.2, -0.15) is 4.31 Å². The Bertz CT molecular complexity index is 971. The second-order valence-corrected chi connectivity index (χ2v) is 10.8. The number of nitrogens with zero attached hydrogens (tertiary/aromatic N) is 2. The first-order valence-corrected chi connectivity index (χ1v) is 11.8. The monoisotopic (exact) mass is 458 g/mol. The maximum atomic E-state index is 12.4. The zero-order chi connectivity index (χ0) is 19.5. The third-order valence-corrected chi connectivity index (χ3v) is 8.34. The topological polar surface area (TPSA) is 108 Å². The van der Waals surface area contributed by atoms with E-state index in [9.17, 15) is 16.8 Å². The molecule has 0 unspecified atom stereocenters. The first-order valence-electron chi connectivity index (χ1n) is 7.30. The van der Waals surface area contributed by atoms with Crippen LogP contribution in [-0.4, -0.2) is 39.2 Å². The molecule has 0 aliphatic carbocycles. The van der Waals surface area contributed by atoms with Crippen LogP contribution in [0.5, 0.6) is 0 Å². The smallest absolute Gasteiger partial charge is 0.259 e. The number of anilines is 1. The van der Waals surface area contributed by atoms with Crippen molar-refractivity contribution in [2.75, 3.05) is 18.5 Å². The lowest BCUT2D eigenvalue weighted by Gasteiger charge is -2.18. The molecule has 0 radical (unpaired) electrons. The van der Waals surface area contributed by atoms with Gasteiger partial charge in [0.15, 0.2) is 0 Å². The average molecular weight is 459 g/mol. The minimum atomic E-state index is -3.96. The lowest BCUT2D eigenvalue weighted by molar-refractivity contribution is 0.445. The second-order valence-electron chi connectivity index (χ2n) is 4.89. The number of thiophene rings is 1. The number of hydrogen-bond acceptors (Lipinski definition) is 7. The predicted octanol–water partition coefficient (Wildman–Crippen LogP) is 2.79. The maximum Gasteiger partial charge on any atom is 0.259 e. The molecule has 2 N–H and O–H groups in total. The Labute approximate surface area is 166 Å². The summed E-state index contributed by atoms with van der Waals surface area (Å²) in [4.78, 5) is 5.88. The fourth-order valence-corrected chi connectivity index (χ4v) is 6.41. The van der Waals surface area contributed by atoms with E-state index in [4.69, 9.17) is 23.2 Å². The Morgan fingerprint density at radius 3 is 2.27 bits per heavy atom. The van der Waals surface area contributed by atoms with Crippen LogP contribution in [0.15, 0.2) is 34.2 Å². The first kappa shape index (κ1) is 21.4. The van der Waals surface area contributed by atoms with Crippen LogP contribution in [-0.2, 0) is 20.0 Å². The molecule has 2 rings (SSSR count). The number of sulfonamides is 2. The van der Waals surface area contributed by atoms with Crippen molar-refractivity contribution < 1.29 is 16.8 Å². The van der Waals surface area contributed by atoms with Crippen molar-refractivity contribution in [1.82, 2.24) is 14.1 Å². The Balaban J connectivity index is 2.14. The summed E-state index contributed by atoms with van der Waals surface area (Å²) in [5.41, 5.74) is 2.40. The molecule has 0 saturated carbocycles. The van der Waals surface area contributed by atoms with Gasteiger partial charge in [0.25, 0.3) is 10.0 Å². The number of hydrazine groups is 1. The molecular weight excluding hydrogens is 443 g/mol. The minimum absolute atomic E-state index is 0.0160. The van der Waals surface area contributed by atoms with Gasteiger partial charge in [-0.1, -0.05) is 37.0 Å². The van der Waals surface area contributed by atoms with E-state index in [1.165, 1.54) is 22.5 Å². The third kappa shape index (κ3) is 4.66. The van der Waals surface area contributed by atoms with Crippen molar-refractivity contribution in [2.45, 2.75) is 23.6 Å². The molecule has 0 bridgehead atoms. The van der Waals surface area contributed by atoms with Crippen LogP contribution >= 0.6 is 34.5 Å². The second kappa shape index (κ2) is 8.38. The molecule has 0 amide bonds. The van der Waals surface area contributed by atoms with Gasteiger partial charge in [-0.25, -0.2) is 21.8 Å². The summed E-state index contributed by atoms with van der Waals surface area (Å²) >= 11 is 12.5. The summed E-state index contributed by atoms with van der Waals surface area (Å²) in [6, 6.07) is 3.92. The van der Waals surface area contributed by atoms with E-state index >= 15 is 0 Å². The molecule has 0 aliphatic rings. The molecule has 2 heterocycles. The Morgan fingerprint density at radius 1 is 1.15 bits per heavy atom. The Hall–Kier alpha value is -0.950. The third-order valence-electron chi connectivity index (χ3n) is 3.31. The van der Waals surface area contributed by atoms with Gasteiger partial charge in [0.2, 0.25) is 10.0 Å². The van der Waals surface area contributed by atoms with E-state index in [1.807, 2.05) is 0 Å². The highest BCUT2D eigenvalue weighted by Gasteiger charge is 2.23. The normalized spacial score (nSPS) is 12.5. The van der Waals surface area contributed by atoms with Crippen molar-refractivity contribution in [3.8, 4) is 0 Å². The van der Waals surface area contributed by atoms with Crippen LogP contribution in [0.2, 0.25) is 8.67 Å². The molecule has 8 nitrogen and oxygen atoms in total. The number of nitrogens with one attached hydrogen (secondary N) is 2. The largest absolute Gasteiger partial charge is 0.292 e. The molecule has 144 valence electrons. The van der Waals surface area contributed by atoms with E-state index in [2.05, 4.69) is 15.2 Å². The summed E-state index contributed by atoms with van der Waals surface area (Å²) in [6.07, 6.45) is 1.15. The standard InChI is InChI=1S/C13H16Cl2N4O4S3/c1-3-19(4-2)26(22,23)9-5-6-12(16-8-9)17-18-25(20,21)10-7-11(14)24-13(10)15/h5-8,18H,3-4H2,1-2H3,(H,16,17). The number of aromatic nitrogens is 1. The van der Waals surface area contributed by atoms with Crippen molar-refractivity contribution in [2.24, 2.45) is 0 Å². The molecule has 0 aliphatic heterocycles. The first-order chi connectivity index (χ1) is 12.1. The molecule has 0 atom stereocenters. The summed E-state index contributed by atoms with van der Waals surface area (Å²) in [5, 5.41) is 0. The summed E-state index contributed by atoms with van der Waals surface area (Å²) in [6.45, 7) is 4.15. The molecule has 0 saturated heterocycles. The highest BCUT2D eigenvalue weighted by molar-refractivity contribution is 7.90. The fraction of sp³-hybridized carbons (Fsp3) is 0.308. The van der Waals surface area contributed by atoms with Gasteiger partial charge in [0.05, 0.1) is 4.34 Å². The molecule has 0 fully saturated rings. The SMILES string of the molecule is CCN(CC)S(=O)(=O)c1ccc(NNS(=O)(=O)c2cc(Cl)sc2Cl)nc1. The van der Waals surface area contributed by atoms with Crippen LogP contribution in [0.4, 0.5) is 5.82 Å². The van der Waals surface area contributed by atoms with Gasteiger partial charge in [0, 0.05) is 19.3 Å². The maximum absolute atomic E-state index is 12.4. The molecule has 0 spiro atoms. The Morgan fingerprint density at radius 2 is 1.81 bits per heavy atom. The fourth-order valence-electron chi connectivity index (χ4n) is 2.00. The van der Waals surface area contributed by atoms with Crippen LogP contribution in [0.25, 0.3) is 0 Å². The summed E-state index contributed by atoms with van der Waals surface area (Å²) in [5.74, 6) is 0.115. The number of halogens is 2. The van der Waals surface area contributed by atoms with E-state index in [0.29, 0.717) is 13.1 Å². The predicted molar refractivity (Wildman–Crippen MR) is 103 cm³/mol. The van der Waals surface area contributed by atoms with E-state index < -0.39 is 20.0 Å². The van der Waals surface area contributed by atoms with Gasteiger partial charge in [-0.05, 0) is 18.2 Å². The number of pyridine rings is 1. The lowest BCUT2D eigenvalue weighted by atomic mass is 10.5. The van der Waals surface area contributed by atoms with Crippen LogP contribution in [0.3, 0.4) is 0 Å². The van der Waals surface area contributed by atoms with Crippen molar-refractivity contribution in [1.29, 1.82) is 0 Å². The van der Waals surface area contributed by atoms with E-state index in [0.717, 1.165) is 17.5 Å². The number of hydrogen-bond donors (Lipinski definition) is 2. The Kier molecular flexibility index (Phi) is 6.88. The van der Waals surface area contributed by atoms with Gasteiger partial charge in [-0.15, -0.1) is 16.2 Å². The number of rotatable bonds is 8. The molecule has 13 heteroatoms. The molecule has 26 heavy (non-hydrogen) atoms. The minimum Gasteiger partial charge on any atom is -0.292 e. The van der Waals surface area contributed by atoms with Crippen molar-refractivity contribution in [3.63, 3.8) is 0 Å². The molecule has 2 aromatic heterocycles. The lowest BCUT2D eigenvalue weighted by Crippen LogP contribution is -2.31. The highest BCUT2D eigenvalue weighted by atomic mass is 35.5. The van der Waals surface area contributed by atoms with E-state index in [1.54, 1.807) is 13.8 Å². The molecule has 2 aromatic rings. The van der Waals surface area contributed by atoms with Crippen molar-refractivity contribution in [3.05, 3.63) is 33.1 Å².